The molecule has 88 valence electrons. The maximum Gasteiger partial charge on any atom is 0.142 e. The first kappa shape index (κ1) is 10.9. The van der Waals surface area contributed by atoms with Gasteiger partial charge in [-0.15, -0.1) is 0 Å². The second kappa shape index (κ2) is 4.19. The molecule has 0 radical (unpaired) electrons. The molecule has 17 heavy (non-hydrogen) atoms. The Balaban J connectivity index is 2.12. The SMILES string of the molecule is Fc1cncc(-c2nn3c(c2Br)COCC3)c1. The van der Waals surface area contributed by atoms with Gasteiger partial charge in [0.05, 0.1) is 36.1 Å². The largest absolute Gasteiger partial charge is 0.373 e. The molecule has 2 aromatic rings. The van der Waals surface area contributed by atoms with Gasteiger partial charge in [0.25, 0.3) is 0 Å². The average molecular weight is 298 g/mol. The summed E-state index contributed by atoms with van der Waals surface area (Å²) in [5, 5.41) is 4.44. The number of fused-ring (bicyclic) bond motifs is 1. The lowest BCUT2D eigenvalue weighted by atomic mass is 10.2. The molecule has 3 rings (SSSR count). The van der Waals surface area contributed by atoms with E-state index in [9.17, 15) is 4.39 Å². The molecule has 6 heteroatoms. The van der Waals surface area contributed by atoms with Crippen molar-refractivity contribution in [3.8, 4) is 11.3 Å². The first-order valence-electron chi connectivity index (χ1n) is 5.19. The number of nitrogens with zero attached hydrogens (tertiary/aromatic N) is 3. The zero-order valence-electron chi connectivity index (χ0n) is 8.86. The fourth-order valence-corrected chi connectivity index (χ4v) is 2.47. The van der Waals surface area contributed by atoms with E-state index in [0.29, 0.717) is 24.5 Å². The topological polar surface area (TPSA) is 39.9 Å². The van der Waals surface area contributed by atoms with E-state index in [-0.39, 0.29) is 5.82 Å². The van der Waals surface area contributed by atoms with E-state index < -0.39 is 0 Å². The summed E-state index contributed by atoms with van der Waals surface area (Å²) < 4.78 is 21.2. The highest BCUT2D eigenvalue weighted by molar-refractivity contribution is 9.10. The zero-order valence-corrected chi connectivity index (χ0v) is 10.4. The van der Waals surface area contributed by atoms with Gasteiger partial charge in [-0.2, -0.15) is 5.10 Å². The van der Waals surface area contributed by atoms with Crippen LogP contribution in [-0.4, -0.2) is 21.4 Å². The van der Waals surface area contributed by atoms with Crippen LogP contribution in [0.4, 0.5) is 4.39 Å². The summed E-state index contributed by atoms with van der Waals surface area (Å²) in [6.07, 6.45) is 2.78. The van der Waals surface area contributed by atoms with E-state index in [0.717, 1.165) is 16.7 Å². The van der Waals surface area contributed by atoms with Crippen molar-refractivity contribution in [3.63, 3.8) is 0 Å². The standard InChI is InChI=1S/C11H9BrFN3O/c12-10-9-6-17-2-1-16(9)15-11(10)7-3-8(13)5-14-4-7/h3-5H,1-2,6H2. The van der Waals surface area contributed by atoms with E-state index in [4.69, 9.17) is 4.74 Å². The van der Waals surface area contributed by atoms with E-state index in [1.54, 1.807) is 6.20 Å². The number of rotatable bonds is 1. The molecule has 0 fully saturated rings. The molecule has 0 atom stereocenters. The summed E-state index contributed by atoms with van der Waals surface area (Å²) in [5.41, 5.74) is 2.35. The minimum Gasteiger partial charge on any atom is -0.373 e. The highest BCUT2D eigenvalue weighted by atomic mass is 79.9. The number of ether oxygens (including phenoxy) is 1. The predicted molar refractivity (Wildman–Crippen MR) is 62.8 cm³/mol. The molecular formula is C11H9BrFN3O. The van der Waals surface area contributed by atoms with Crippen molar-refractivity contribution in [2.45, 2.75) is 13.2 Å². The molecule has 0 aromatic carbocycles. The Morgan fingerprint density at radius 3 is 3.06 bits per heavy atom. The van der Waals surface area contributed by atoms with Crippen LogP contribution in [0.1, 0.15) is 5.69 Å². The lowest BCUT2D eigenvalue weighted by Crippen LogP contribution is -2.17. The van der Waals surface area contributed by atoms with Crippen molar-refractivity contribution in [2.24, 2.45) is 0 Å². The zero-order chi connectivity index (χ0) is 11.8. The third-order valence-electron chi connectivity index (χ3n) is 2.66. The molecule has 0 saturated carbocycles. The second-order valence-electron chi connectivity index (χ2n) is 3.78. The molecular weight excluding hydrogens is 289 g/mol. The molecule has 0 spiro atoms. The van der Waals surface area contributed by atoms with E-state index in [1.165, 1.54) is 12.3 Å². The Hall–Kier alpha value is -1.27. The highest BCUT2D eigenvalue weighted by Gasteiger charge is 2.20. The van der Waals surface area contributed by atoms with Gasteiger partial charge >= 0.3 is 0 Å². The Bertz CT molecular complexity index is 570. The van der Waals surface area contributed by atoms with Gasteiger partial charge in [0.15, 0.2) is 0 Å². The number of hydrogen-bond donors (Lipinski definition) is 0. The Kier molecular flexibility index (Phi) is 2.68. The third-order valence-corrected chi connectivity index (χ3v) is 3.49. The Morgan fingerprint density at radius 1 is 1.41 bits per heavy atom. The molecule has 0 aliphatic carbocycles. The van der Waals surface area contributed by atoms with Gasteiger partial charge in [-0.1, -0.05) is 0 Å². The summed E-state index contributed by atoms with van der Waals surface area (Å²) in [6, 6.07) is 1.42. The molecule has 1 aliphatic rings. The maximum absolute atomic E-state index is 13.1. The maximum atomic E-state index is 13.1. The summed E-state index contributed by atoms with van der Waals surface area (Å²) in [4.78, 5) is 3.83. The van der Waals surface area contributed by atoms with Crippen LogP contribution in [0.5, 0.6) is 0 Å². The third kappa shape index (κ3) is 1.87. The van der Waals surface area contributed by atoms with Gasteiger partial charge in [-0.05, 0) is 22.0 Å². The first-order chi connectivity index (χ1) is 8.25. The van der Waals surface area contributed by atoms with Crippen molar-refractivity contribution in [2.75, 3.05) is 6.61 Å². The monoisotopic (exact) mass is 297 g/mol. The number of pyridine rings is 1. The molecule has 0 bridgehead atoms. The molecule has 0 saturated heterocycles. The van der Waals surface area contributed by atoms with Gasteiger partial charge in [0.1, 0.15) is 11.5 Å². The molecule has 1 aliphatic heterocycles. The Labute approximate surface area is 106 Å². The smallest absolute Gasteiger partial charge is 0.142 e. The van der Waals surface area contributed by atoms with Crippen molar-refractivity contribution >= 4 is 15.9 Å². The van der Waals surface area contributed by atoms with Gasteiger partial charge in [-0.3, -0.25) is 9.67 Å². The van der Waals surface area contributed by atoms with Crippen LogP contribution in [0.25, 0.3) is 11.3 Å². The molecule has 3 heterocycles. The summed E-state index contributed by atoms with van der Waals surface area (Å²) in [6.45, 7) is 1.90. The fourth-order valence-electron chi connectivity index (χ4n) is 1.84. The van der Waals surface area contributed by atoms with Crippen LogP contribution >= 0.6 is 15.9 Å². The van der Waals surface area contributed by atoms with E-state index in [2.05, 4.69) is 26.0 Å². The van der Waals surface area contributed by atoms with E-state index >= 15 is 0 Å². The van der Waals surface area contributed by atoms with Crippen molar-refractivity contribution < 1.29 is 9.13 Å². The van der Waals surface area contributed by atoms with Crippen molar-refractivity contribution in [3.05, 3.63) is 34.4 Å². The number of halogens is 2. The minimum absolute atomic E-state index is 0.364. The molecule has 0 amide bonds. The van der Waals surface area contributed by atoms with Crippen molar-refractivity contribution in [1.82, 2.24) is 14.8 Å². The number of aromatic nitrogens is 3. The average Bonchev–Trinajstić information content (AvgIpc) is 2.68. The van der Waals surface area contributed by atoms with Gasteiger partial charge < -0.3 is 4.74 Å². The normalized spacial score (nSPS) is 14.7. The van der Waals surface area contributed by atoms with Crippen LogP contribution in [0.2, 0.25) is 0 Å². The van der Waals surface area contributed by atoms with Crippen LogP contribution in [0.3, 0.4) is 0 Å². The first-order valence-corrected chi connectivity index (χ1v) is 5.99. The summed E-state index contributed by atoms with van der Waals surface area (Å²) in [5.74, 6) is -0.364. The molecule has 4 nitrogen and oxygen atoms in total. The lowest BCUT2D eigenvalue weighted by molar-refractivity contribution is 0.0796. The molecule has 0 N–H and O–H groups in total. The van der Waals surface area contributed by atoms with Crippen LogP contribution in [0, 0.1) is 5.82 Å². The van der Waals surface area contributed by atoms with E-state index in [1.807, 2.05) is 4.68 Å². The highest BCUT2D eigenvalue weighted by Crippen LogP contribution is 2.31. The second-order valence-corrected chi connectivity index (χ2v) is 4.57. The molecule has 2 aromatic heterocycles. The Morgan fingerprint density at radius 2 is 2.29 bits per heavy atom. The fraction of sp³-hybridized carbons (Fsp3) is 0.273. The molecule has 0 unspecified atom stereocenters. The predicted octanol–water partition coefficient (Wildman–Crippen LogP) is 2.38. The minimum atomic E-state index is -0.364. The van der Waals surface area contributed by atoms with Crippen LogP contribution in [0.15, 0.2) is 22.9 Å². The van der Waals surface area contributed by atoms with Gasteiger partial charge in [-0.25, -0.2) is 4.39 Å². The van der Waals surface area contributed by atoms with Gasteiger partial charge in [0.2, 0.25) is 0 Å². The van der Waals surface area contributed by atoms with Crippen LogP contribution < -0.4 is 0 Å². The summed E-state index contributed by atoms with van der Waals surface area (Å²) >= 11 is 3.48. The lowest BCUT2D eigenvalue weighted by Gasteiger charge is -2.13. The quantitative estimate of drug-likeness (QED) is 0.811. The summed E-state index contributed by atoms with van der Waals surface area (Å²) in [7, 11) is 0. The van der Waals surface area contributed by atoms with Crippen molar-refractivity contribution in [1.29, 1.82) is 0 Å². The van der Waals surface area contributed by atoms with Crippen LogP contribution in [-0.2, 0) is 17.9 Å². The van der Waals surface area contributed by atoms with Gasteiger partial charge in [0, 0.05) is 11.8 Å². The number of hydrogen-bond acceptors (Lipinski definition) is 3.